The van der Waals surface area contributed by atoms with Crippen molar-refractivity contribution in [3.05, 3.63) is 30.3 Å². The number of rotatable bonds is 5. The predicted octanol–water partition coefficient (Wildman–Crippen LogP) is 1.52. The molecule has 0 amide bonds. The average molecular weight is 231 g/mol. The summed E-state index contributed by atoms with van der Waals surface area (Å²) in [5.41, 5.74) is 6.28. The number of nitrogens with two attached hydrogens (primary N) is 1. The van der Waals surface area contributed by atoms with Crippen LogP contribution in [0.5, 0.6) is 0 Å². The third-order valence-corrected chi connectivity index (χ3v) is 1.83. The van der Waals surface area contributed by atoms with E-state index in [-0.39, 0.29) is 25.3 Å². The molecule has 1 rings (SSSR count). The van der Waals surface area contributed by atoms with Gasteiger partial charge < -0.3 is 10.5 Å². The van der Waals surface area contributed by atoms with Gasteiger partial charge in [-0.25, -0.2) is 4.99 Å². The zero-order chi connectivity index (χ0) is 12.5. The van der Waals surface area contributed by atoms with Crippen molar-refractivity contribution in [2.24, 2.45) is 10.7 Å². The SMILES string of the molecule is N#CCCOC(=O)CC(N)=Nc1ccccc1. The Kier molecular flexibility index (Phi) is 5.25. The van der Waals surface area contributed by atoms with Crippen molar-refractivity contribution >= 4 is 17.5 Å². The summed E-state index contributed by atoms with van der Waals surface area (Å²) in [5.74, 6) is -0.282. The highest BCUT2D eigenvalue weighted by molar-refractivity contribution is 5.97. The third-order valence-electron chi connectivity index (χ3n) is 1.83. The molecule has 0 spiro atoms. The van der Waals surface area contributed by atoms with Gasteiger partial charge in [0.1, 0.15) is 18.9 Å². The number of para-hydroxylation sites is 1. The molecule has 5 nitrogen and oxygen atoms in total. The summed E-state index contributed by atoms with van der Waals surface area (Å²) >= 11 is 0. The molecule has 0 aromatic heterocycles. The van der Waals surface area contributed by atoms with E-state index in [0.29, 0.717) is 5.69 Å². The van der Waals surface area contributed by atoms with Crippen molar-refractivity contribution in [3.8, 4) is 6.07 Å². The summed E-state index contributed by atoms with van der Waals surface area (Å²) < 4.78 is 4.77. The van der Waals surface area contributed by atoms with Gasteiger partial charge >= 0.3 is 5.97 Å². The minimum absolute atomic E-state index is 0.0691. The molecule has 0 saturated heterocycles. The van der Waals surface area contributed by atoms with Crippen LogP contribution >= 0.6 is 0 Å². The quantitative estimate of drug-likeness (QED) is 0.360. The molecule has 1 aromatic rings. The molecule has 0 radical (unpaired) electrons. The van der Waals surface area contributed by atoms with Crippen molar-refractivity contribution in [1.82, 2.24) is 0 Å². The minimum Gasteiger partial charge on any atom is -0.464 e. The highest BCUT2D eigenvalue weighted by Crippen LogP contribution is 2.09. The van der Waals surface area contributed by atoms with Gasteiger partial charge in [0.2, 0.25) is 0 Å². The van der Waals surface area contributed by atoms with Crippen LogP contribution in [0.15, 0.2) is 35.3 Å². The van der Waals surface area contributed by atoms with Gasteiger partial charge in [0.25, 0.3) is 0 Å². The van der Waals surface area contributed by atoms with E-state index in [1.165, 1.54) is 0 Å². The second kappa shape index (κ2) is 7.01. The lowest BCUT2D eigenvalue weighted by atomic mass is 10.3. The second-order valence-corrected chi connectivity index (χ2v) is 3.24. The Bertz CT molecular complexity index is 435. The van der Waals surface area contributed by atoms with Crippen LogP contribution in [0.1, 0.15) is 12.8 Å². The first-order chi connectivity index (χ1) is 8.22. The smallest absolute Gasteiger partial charge is 0.313 e. The average Bonchev–Trinajstić information content (AvgIpc) is 2.30. The van der Waals surface area contributed by atoms with Gasteiger partial charge in [0.05, 0.1) is 18.2 Å². The minimum atomic E-state index is -0.475. The van der Waals surface area contributed by atoms with Crippen LogP contribution in [0, 0.1) is 11.3 Å². The molecule has 2 N–H and O–H groups in total. The summed E-state index contributed by atoms with van der Waals surface area (Å²) in [6.07, 6.45) is 0.113. The molecule has 0 fully saturated rings. The highest BCUT2D eigenvalue weighted by Gasteiger charge is 2.05. The summed E-state index contributed by atoms with van der Waals surface area (Å²) in [7, 11) is 0. The van der Waals surface area contributed by atoms with Gasteiger partial charge in [-0.2, -0.15) is 5.26 Å². The zero-order valence-electron chi connectivity index (χ0n) is 9.30. The largest absolute Gasteiger partial charge is 0.464 e. The molecule has 0 heterocycles. The molecule has 0 atom stereocenters. The number of benzene rings is 1. The number of esters is 1. The number of nitriles is 1. The van der Waals surface area contributed by atoms with Crippen molar-refractivity contribution in [3.63, 3.8) is 0 Å². The lowest BCUT2D eigenvalue weighted by molar-refractivity contribution is -0.141. The first-order valence-corrected chi connectivity index (χ1v) is 5.13. The zero-order valence-corrected chi connectivity index (χ0v) is 9.30. The van der Waals surface area contributed by atoms with Gasteiger partial charge in [-0.1, -0.05) is 18.2 Å². The van der Waals surface area contributed by atoms with Gasteiger partial charge in [-0.3, -0.25) is 4.79 Å². The van der Waals surface area contributed by atoms with E-state index in [9.17, 15) is 4.79 Å². The maximum absolute atomic E-state index is 11.2. The summed E-state index contributed by atoms with van der Waals surface area (Å²) in [5, 5.41) is 8.27. The fraction of sp³-hybridized carbons (Fsp3) is 0.250. The molecule has 0 aliphatic carbocycles. The summed E-state index contributed by atoms with van der Waals surface area (Å²) in [6.45, 7) is 0.0912. The van der Waals surface area contributed by atoms with Crippen molar-refractivity contribution in [2.45, 2.75) is 12.8 Å². The molecule has 17 heavy (non-hydrogen) atoms. The molecule has 1 aromatic carbocycles. The van der Waals surface area contributed by atoms with Crippen molar-refractivity contribution in [2.75, 3.05) is 6.61 Å². The van der Waals surface area contributed by atoms with E-state index >= 15 is 0 Å². The number of hydrogen-bond acceptors (Lipinski definition) is 4. The Balaban J connectivity index is 2.44. The molecule has 0 aliphatic heterocycles. The van der Waals surface area contributed by atoms with Crippen LogP contribution < -0.4 is 5.73 Å². The van der Waals surface area contributed by atoms with E-state index in [1.807, 2.05) is 24.3 Å². The maximum atomic E-state index is 11.2. The van der Waals surface area contributed by atoms with Crippen molar-refractivity contribution in [1.29, 1.82) is 5.26 Å². The Morgan fingerprint density at radius 1 is 1.41 bits per heavy atom. The standard InChI is InChI=1S/C12H13N3O2/c13-7-4-8-17-12(16)9-11(14)15-10-5-2-1-3-6-10/h1-3,5-6H,4,8-9H2,(H2,14,15). The highest BCUT2D eigenvalue weighted by atomic mass is 16.5. The Hall–Kier alpha value is -2.35. The Labute approximate surface area is 99.5 Å². The van der Waals surface area contributed by atoms with E-state index in [0.717, 1.165) is 0 Å². The van der Waals surface area contributed by atoms with Crippen LogP contribution in [0.25, 0.3) is 0 Å². The number of carbonyl (C=O) groups is 1. The molecule has 0 saturated carbocycles. The van der Waals surface area contributed by atoms with Gasteiger partial charge in [-0.15, -0.1) is 0 Å². The topological polar surface area (TPSA) is 88.5 Å². The number of nitrogens with zero attached hydrogens (tertiary/aromatic N) is 2. The van der Waals surface area contributed by atoms with Gasteiger partial charge in [0, 0.05) is 0 Å². The second-order valence-electron chi connectivity index (χ2n) is 3.24. The van der Waals surface area contributed by atoms with Crippen molar-refractivity contribution < 1.29 is 9.53 Å². The number of amidine groups is 1. The van der Waals surface area contributed by atoms with Crippen LogP contribution in [-0.4, -0.2) is 18.4 Å². The van der Waals surface area contributed by atoms with Gasteiger partial charge in [-0.05, 0) is 12.1 Å². The fourth-order valence-corrected chi connectivity index (χ4v) is 1.12. The summed E-state index contributed by atoms with van der Waals surface area (Å²) in [4.78, 5) is 15.3. The van der Waals surface area contributed by atoms with Crippen LogP contribution in [0.2, 0.25) is 0 Å². The Morgan fingerprint density at radius 3 is 2.76 bits per heavy atom. The number of hydrogen-bond donors (Lipinski definition) is 1. The van der Waals surface area contributed by atoms with E-state index < -0.39 is 5.97 Å². The molecule has 5 heteroatoms. The van der Waals surface area contributed by atoms with Crippen LogP contribution in [0.4, 0.5) is 5.69 Å². The number of ether oxygens (including phenoxy) is 1. The first-order valence-electron chi connectivity index (χ1n) is 5.13. The number of aliphatic imine (C=N–C) groups is 1. The molecular formula is C12H13N3O2. The lowest BCUT2D eigenvalue weighted by Gasteiger charge is -2.02. The molecule has 88 valence electrons. The number of carbonyl (C=O) groups excluding carboxylic acids is 1. The Morgan fingerprint density at radius 2 is 2.12 bits per heavy atom. The van der Waals surface area contributed by atoms with Crippen LogP contribution in [0.3, 0.4) is 0 Å². The third kappa shape index (κ3) is 5.33. The summed E-state index contributed by atoms with van der Waals surface area (Å²) in [6, 6.07) is 11.0. The monoisotopic (exact) mass is 231 g/mol. The molecule has 0 bridgehead atoms. The lowest BCUT2D eigenvalue weighted by Crippen LogP contribution is -2.18. The molecule has 0 aliphatic rings. The van der Waals surface area contributed by atoms with Crippen LogP contribution in [-0.2, 0) is 9.53 Å². The van der Waals surface area contributed by atoms with E-state index in [2.05, 4.69) is 4.99 Å². The normalized spacial score (nSPS) is 10.6. The maximum Gasteiger partial charge on any atom is 0.313 e. The fourth-order valence-electron chi connectivity index (χ4n) is 1.12. The van der Waals surface area contributed by atoms with Gasteiger partial charge in [0.15, 0.2) is 0 Å². The molecule has 0 unspecified atom stereocenters. The first kappa shape index (κ1) is 12.7. The van der Waals surface area contributed by atoms with E-state index in [4.69, 9.17) is 15.7 Å². The predicted molar refractivity (Wildman–Crippen MR) is 63.5 cm³/mol. The molecular weight excluding hydrogens is 218 g/mol. The van der Waals surface area contributed by atoms with E-state index in [1.54, 1.807) is 12.1 Å².